The molecule has 5 nitrogen and oxygen atoms in total. The van der Waals surface area contributed by atoms with Crippen molar-refractivity contribution in [3.05, 3.63) is 29.6 Å². The molecule has 0 unspecified atom stereocenters. The largest absolute Gasteiger partial charge is 0.467 e. The van der Waals surface area contributed by atoms with E-state index in [0.717, 1.165) is 5.56 Å². The van der Waals surface area contributed by atoms with Crippen molar-refractivity contribution >= 4 is 5.95 Å². The first kappa shape index (κ1) is 13.2. The number of hydrogen-bond donors (Lipinski definition) is 1. The smallest absolute Gasteiger partial charge is 0.321 e. The highest BCUT2D eigenvalue weighted by Gasteiger charge is 2.10. The van der Waals surface area contributed by atoms with Gasteiger partial charge in [0, 0.05) is 12.1 Å². The first-order valence-electron chi connectivity index (χ1n) is 5.94. The second-order valence-corrected chi connectivity index (χ2v) is 4.02. The van der Waals surface area contributed by atoms with Crippen LogP contribution in [-0.2, 0) is 0 Å². The van der Waals surface area contributed by atoms with Gasteiger partial charge in [-0.25, -0.2) is 4.39 Å². The Bertz CT molecular complexity index is 569. The number of halogens is 1. The Hall–Kier alpha value is -2.24. The molecule has 0 fully saturated rings. The number of nitrogens with one attached hydrogen (secondary N) is 1. The highest BCUT2D eigenvalue weighted by atomic mass is 19.1. The summed E-state index contributed by atoms with van der Waals surface area (Å²) < 4.78 is 18.5. The van der Waals surface area contributed by atoms with Crippen LogP contribution < -0.4 is 10.1 Å². The summed E-state index contributed by atoms with van der Waals surface area (Å²) >= 11 is 0. The Morgan fingerprint density at radius 1 is 1.21 bits per heavy atom. The van der Waals surface area contributed by atoms with Crippen molar-refractivity contribution in [3.8, 4) is 17.4 Å². The van der Waals surface area contributed by atoms with Gasteiger partial charge in [-0.3, -0.25) is 0 Å². The molecule has 0 aliphatic rings. The van der Waals surface area contributed by atoms with Gasteiger partial charge in [-0.15, -0.1) is 0 Å². The van der Waals surface area contributed by atoms with Gasteiger partial charge in [0.05, 0.1) is 7.11 Å². The second kappa shape index (κ2) is 5.60. The molecule has 0 atom stereocenters. The maximum absolute atomic E-state index is 13.4. The van der Waals surface area contributed by atoms with Crippen molar-refractivity contribution in [1.82, 2.24) is 15.0 Å². The SMILES string of the molecule is CCNc1nc(OC)nc(-c2cc(C)cc(F)c2)n1. The lowest BCUT2D eigenvalue weighted by Gasteiger charge is -2.07. The zero-order chi connectivity index (χ0) is 13.8. The second-order valence-electron chi connectivity index (χ2n) is 4.02. The van der Waals surface area contributed by atoms with Gasteiger partial charge in [-0.1, -0.05) is 0 Å². The van der Waals surface area contributed by atoms with Crippen molar-refractivity contribution in [3.63, 3.8) is 0 Å². The molecule has 0 radical (unpaired) electrons. The van der Waals surface area contributed by atoms with E-state index in [-0.39, 0.29) is 11.8 Å². The third kappa shape index (κ3) is 3.15. The normalized spacial score (nSPS) is 10.3. The van der Waals surface area contributed by atoms with Crippen LogP contribution in [0.1, 0.15) is 12.5 Å². The van der Waals surface area contributed by atoms with E-state index in [4.69, 9.17) is 4.74 Å². The number of anilines is 1. The number of nitrogens with zero attached hydrogens (tertiary/aromatic N) is 3. The number of benzene rings is 1. The molecule has 1 aromatic heterocycles. The molecule has 0 aliphatic heterocycles. The summed E-state index contributed by atoms with van der Waals surface area (Å²) in [6.07, 6.45) is 0. The standard InChI is InChI=1S/C13H15FN4O/c1-4-15-12-16-11(17-13(18-12)19-3)9-5-8(2)6-10(14)7-9/h5-7H,4H2,1-3H3,(H,15,16,17,18). The van der Waals surface area contributed by atoms with Crippen LogP contribution >= 0.6 is 0 Å². The number of hydrogen-bond acceptors (Lipinski definition) is 5. The van der Waals surface area contributed by atoms with Gasteiger partial charge in [-0.05, 0) is 37.6 Å². The number of methoxy groups -OCH3 is 1. The summed E-state index contributed by atoms with van der Waals surface area (Å²) in [4.78, 5) is 12.4. The van der Waals surface area contributed by atoms with Crippen LogP contribution in [0.15, 0.2) is 18.2 Å². The van der Waals surface area contributed by atoms with E-state index in [1.54, 1.807) is 0 Å². The monoisotopic (exact) mass is 262 g/mol. The third-order valence-electron chi connectivity index (χ3n) is 2.43. The van der Waals surface area contributed by atoms with E-state index in [0.29, 0.717) is 23.9 Å². The molecule has 0 saturated carbocycles. The highest BCUT2D eigenvalue weighted by molar-refractivity contribution is 5.57. The summed E-state index contributed by atoms with van der Waals surface area (Å²) in [5, 5.41) is 2.99. The molecule has 0 saturated heterocycles. The fourth-order valence-electron chi connectivity index (χ4n) is 1.68. The summed E-state index contributed by atoms with van der Waals surface area (Å²) in [5.74, 6) is 0.469. The number of aromatic nitrogens is 3. The van der Waals surface area contributed by atoms with Gasteiger partial charge in [0.15, 0.2) is 5.82 Å². The third-order valence-corrected chi connectivity index (χ3v) is 2.43. The lowest BCUT2D eigenvalue weighted by Crippen LogP contribution is -2.06. The zero-order valence-corrected chi connectivity index (χ0v) is 11.1. The van der Waals surface area contributed by atoms with E-state index in [1.807, 2.05) is 19.9 Å². The maximum atomic E-state index is 13.4. The average molecular weight is 262 g/mol. The van der Waals surface area contributed by atoms with E-state index in [1.165, 1.54) is 19.2 Å². The zero-order valence-electron chi connectivity index (χ0n) is 11.1. The summed E-state index contributed by atoms with van der Waals surface area (Å²) in [6, 6.07) is 4.85. The van der Waals surface area contributed by atoms with Crippen LogP contribution in [0.3, 0.4) is 0 Å². The van der Waals surface area contributed by atoms with Gasteiger partial charge in [0.2, 0.25) is 5.95 Å². The average Bonchev–Trinajstić information content (AvgIpc) is 2.37. The Labute approximate surface area is 110 Å². The molecule has 0 aliphatic carbocycles. The minimum Gasteiger partial charge on any atom is -0.467 e. The molecular formula is C13H15FN4O. The van der Waals surface area contributed by atoms with E-state index in [9.17, 15) is 4.39 Å². The first-order chi connectivity index (χ1) is 9.12. The van der Waals surface area contributed by atoms with E-state index in [2.05, 4.69) is 20.3 Å². The Morgan fingerprint density at radius 2 is 2.00 bits per heavy atom. The minimum absolute atomic E-state index is 0.197. The fourth-order valence-corrected chi connectivity index (χ4v) is 1.68. The Morgan fingerprint density at radius 3 is 2.63 bits per heavy atom. The lowest BCUT2D eigenvalue weighted by molar-refractivity contribution is 0.379. The Kier molecular flexibility index (Phi) is 3.89. The highest BCUT2D eigenvalue weighted by Crippen LogP contribution is 2.21. The number of ether oxygens (including phenoxy) is 1. The van der Waals surface area contributed by atoms with Crippen LogP contribution in [0.5, 0.6) is 6.01 Å². The summed E-state index contributed by atoms with van der Waals surface area (Å²) in [7, 11) is 1.48. The quantitative estimate of drug-likeness (QED) is 0.917. The molecule has 0 amide bonds. The van der Waals surface area contributed by atoms with Crippen molar-refractivity contribution in [2.24, 2.45) is 0 Å². The van der Waals surface area contributed by atoms with Crippen LogP contribution in [0.4, 0.5) is 10.3 Å². The Balaban J connectivity index is 2.50. The topological polar surface area (TPSA) is 59.9 Å². The van der Waals surface area contributed by atoms with Gasteiger partial charge < -0.3 is 10.1 Å². The molecule has 6 heteroatoms. The maximum Gasteiger partial charge on any atom is 0.321 e. The van der Waals surface area contributed by atoms with Gasteiger partial charge in [-0.2, -0.15) is 15.0 Å². The van der Waals surface area contributed by atoms with Crippen molar-refractivity contribution in [2.45, 2.75) is 13.8 Å². The predicted molar refractivity (Wildman–Crippen MR) is 70.7 cm³/mol. The van der Waals surface area contributed by atoms with Gasteiger partial charge in [0.1, 0.15) is 5.82 Å². The molecule has 1 heterocycles. The predicted octanol–water partition coefficient (Wildman–Crippen LogP) is 2.43. The lowest BCUT2D eigenvalue weighted by atomic mass is 10.1. The molecule has 19 heavy (non-hydrogen) atoms. The first-order valence-corrected chi connectivity index (χ1v) is 5.94. The van der Waals surface area contributed by atoms with Crippen molar-refractivity contribution in [2.75, 3.05) is 19.0 Å². The molecule has 1 aromatic carbocycles. The van der Waals surface area contributed by atoms with Crippen molar-refractivity contribution < 1.29 is 9.13 Å². The number of rotatable bonds is 4. The molecule has 2 aromatic rings. The van der Waals surface area contributed by atoms with E-state index < -0.39 is 0 Å². The van der Waals surface area contributed by atoms with E-state index >= 15 is 0 Å². The van der Waals surface area contributed by atoms with Crippen LogP contribution in [0.25, 0.3) is 11.4 Å². The molecule has 0 bridgehead atoms. The van der Waals surface area contributed by atoms with Crippen LogP contribution in [-0.4, -0.2) is 28.6 Å². The minimum atomic E-state index is -0.320. The molecule has 0 spiro atoms. The van der Waals surface area contributed by atoms with Crippen LogP contribution in [0, 0.1) is 12.7 Å². The fraction of sp³-hybridized carbons (Fsp3) is 0.308. The summed E-state index contributed by atoms with van der Waals surface area (Å²) in [6.45, 7) is 4.42. The number of aryl methyl sites for hydroxylation is 1. The molecular weight excluding hydrogens is 247 g/mol. The van der Waals surface area contributed by atoms with Gasteiger partial charge in [0.25, 0.3) is 0 Å². The molecule has 100 valence electrons. The summed E-state index contributed by atoms with van der Waals surface area (Å²) in [5.41, 5.74) is 1.40. The van der Waals surface area contributed by atoms with Gasteiger partial charge >= 0.3 is 6.01 Å². The molecule has 1 N–H and O–H groups in total. The molecule has 2 rings (SSSR count). The van der Waals surface area contributed by atoms with Crippen molar-refractivity contribution in [1.29, 1.82) is 0 Å². The van der Waals surface area contributed by atoms with Crippen LogP contribution in [0.2, 0.25) is 0 Å².